The van der Waals surface area contributed by atoms with E-state index < -0.39 is 6.10 Å². The van der Waals surface area contributed by atoms with Gasteiger partial charge in [0.05, 0.1) is 12.1 Å². The van der Waals surface area contributed by atoms with Gasteiger partial charge in [-0.25, -0.2) is 0 Å². The maximum Gasteiger partial charge on any atom is 0.268 e. The molecule has 5 nitrogen and oxygen atoms in total. The van der Waals surface area contributed by atoms with E-state index in [0.717, 1.165) is 16.8 Å². The van der Waals surface area contributed by atoms with Crippen molar-refractivity contribution in [3.8, 4) is 5.75 Å². The van der Waals surface area contributed by atoms with Crippen LogP contribution in [0.15, 0.2) is 48.5 Å². The number of ether oxygens (including phenoxy) is 1. The number of nitrogens with one attached hydrogen (secondary N) is 1. The Morgan fingerprint density at radius 3 is 2.79 bits per heavy atom. The van der Waals surface area contributed by atoms with Crippen LogP contribution in [0.4, 0.5) is 5.69 Å². The van der Waals surface area contributed by atoms with Crippen molar-refractivity contribution in [2.75, 3.05) is 11.9 Å². The third kappa shape index (κ3) is 3.40. The summed E-state index contributed by atoms with van der Waals surface area (Å²) in [4.78, 5) is 26.1. The second-order valence-corrected chi connectivity index (χ2v) is 5.94. The zero-order valence-electron chi connectivity index (χ0n) is 13.8. The average Bonchev–Trinajstić information content (AvgIpc) is 2.58. The minimum Gasteiger partial charge on any atom is -0.478 e. The largest absolute Gasteiger partial charge is 0.478 e. The molecule has 2 aromatic rings. The van der Waals surface area contributed by atoms with Crippen LogP contribution in [0.2, 0.25) is 0 Å². The number of benzene rings is 2. The van der Waals surface area contributed by atoms with E-state index in [1.165, 1.54) is 4.90 Å². The lowest BCUT2D eigenvalue weighted by Crippen LogP contribution is -2.46. The van der Waals surface area contributed by atoms with Gasteiger partial charge in [-0.1, -0.05) is 42.0 Å². The molecular weight excluding hydrogens is 304 g/mol. The number of amides is 2. The fourth-order valence-electron chi connectivity index (χ4n) is 2.76. The van der Waals surface area contributed by atoms with E-state index in [-0.39, 0.29) is 18.2 Å². The summed E-state index contributed by atoms with van der Waals surface area (Å²) < 4.78 is 5.70. The molecule has 24 heavy (non-hydrogen) atoms. The van der Waals surface area contributed by atoms with Gasteiger partial charge in [-0.2, -0.15) is 0 Å². The molecule has 1 atom stereocenters. The molecule has 0 fully saturated rings. The summed E-state index contributed by atoms with van der Waals surface area (Å²) in [6.45, 7) is 2.45. The van der Waals surface area contributed by atoms with Crippen molar-refractivity contribution >= 4 is 17.5 Å². The van der Waals surface area contributed by atoms with E-state index in [2.05, 4.69) is 5.32 Å². The van der Waals surface area contributed by atoms with Crippen LogP contribution in [0.5, 0.6) is 5.75 Å². The van der Waals surface area contributed by atoms with Gasteiger partial charge in [-0.05, 0) is 24.6 Å². The molecule has 1 heterocycles. The van der Waals surface area contributed by atoms with Gasteiger partial charge in [0.1, 0.15) is 5.75 Å². The molecule has 3 rings (SSSR count). The Labute approximate surface area is 141 Å². The van der Waals surface area contributed by atoms with Crippen molar-refractivity contribution in [2.24, 2.45) is 0 Å². The smallest absolute Gasteiger partial charge is 0.268 e. The number of hydrogen-bond acceptors (Lipinski definition) is 3. The maximum atomic E-state index is 12.4. The average molecular weight is 324 g/mol. The van der Waals surface area contributed by atoms with E-state index >= 15 is 0 Å². The molecule has 2 amide bonds. The van der Waals surface area contributed by atoms with E-state index in [4.69, 9.17) is 4.74 Å². The van der Waals surface area contributed by atoms with Gasteiger partial charge in [0.25, 0.3) is 5.91 Å². The van der Waals surface area contributed by atoms with Crippen LogP contribution in [0.3, 0.4) is 0 Å². The van der Waals surface area contributed by atoms with Gasteiger partial charge >= 0.3 is 0 Å². The van der Waals surface area contributed by atoms with Crippen molar-refractivity contribution in [1.29, 1.82) is 0 Å². The van der Waals surface area contributed by atoms with Gasteiger partial charge < -0.3 is 15.0 Å². The molecule has 5 heteroatoms. The number of carbonyl (C=O) groups excluding carboxylic acids is 2. The van der Waals surface area contributed by atoms with E-state index in [9.17, 15) is 9.59 Å². The molecule has 0 spiro atoms. The second-order valence-electron chi connectivity index (χ2n) is 5.94. The van der Waals surface area contributed by atoms with Crippen LogP contribution in [0.1, 0.15) is 17.5 Å². The molecule has 0 radical (unpaired) electrons. The second kappa shape index (κ2) is 6.74. The van der Waals surface area contributed by atoms with Crippen LogP contribution in [-0.4, -0.2) is 25.0 Å². The standard InChI is InChI=1S/C19H20N2O3/c1-13-6-5-7-14(10-13)12-20-18(22)11-17-19(23)21(2)15-8-3-4-9-16(15)24-17/h3-10,17H,11-12H2,1-2H3,(H,20,22). The Morgan fingerprint density at radius 1 is 1.21 bits per heavy atom. The highest BCUT2D eigenvalue weighted by atomic mass is 16.5. The summed E-state index contributed by atoms with van der Waals surface area (Å²) in [5, 5.41) is 2.84. The lowest BCUT2D eigenvalue weighted by atomic mass is 10.1. The Bertz CT molecular complexity index is 773. The van der Waals surface area contributed by atoms with Crippen LogP contribution < -0.4 is 15.0 Å². The Hall–Kier alpha value is -2.82. The summed E-state index contributed by atoms with van der Waals surface area (Å²) in [7, 11) is 1.70. The molecule has 1 unspecified atom stereocenters. The van der Waals surface area contributed by atoms with Crippen molar-refractivity contribution in [2.45, 2.75) is 26.0 Å². The Kier molecular flexibility index (Phi) is 4.51. The predicted molar refractivity (Wildman–Crippen MR) is 91.9 cm³/mol. The number of rotatable bonds is 4. The van der Waals surface area contributed by atoms with Gasteiger partial charge in [0.2, 0.25) is 5.91 Å². The fraction of sp³-hybridized carbons (Fsp3) is 0.263. The van der Waals surface area contributed by atoms with Gasteiger partial charge in [-0.15, -0.1) is 0 Å². The molecule has 0 saturated heterocycles. The van der Waals surface area contributed by atoms with Crippen molar-refractivity contribution < 1.29 is 14.3 Å². The first-order valence-electron chi connectivity index (χ1n) is 7.90. The number of likely N-dealkylation sites (N-methyl/N-ethyl adjacent to an activating group) is 1. The molecule has 1 N–H and O–H groups in total. The summed E-state index contributed by atoms with van der Waals surface area (Å²) in [5.74, 6) is 0.207. The summed E-state index contributed by atoms with van der Waals surface area (Å²) in [6, 6.07) is 15.3. The molecule has 0 aromatic heterocycles. The van der Waals surface area contributed by atoms with E-state index in [0.29, 0.717) is 12.3 Å². The highest BCUT2D eigenvalue weighted by molar-refractivity contribution is 6.01. The normalized spacial score (nSPS) is 16.3. The van der Waals surface area contributed by atoms with Crippen molar-refractivity contribution in [1.82, 2.24) is 5.32 Å². The first-order valence-corrected chi connectivity index (χ1v) is 7.90. The minimum absolute atomic E-state index is 0.00330. The maximum absolute atomic E-state index is 12.4. The van der Waals surface area contributed by atoms with Crippen LogP contribution in [0.25, 0.3) is 0 Å². The number of carbonyl (C=O) groups is 2. The topological polar surface area (TPSA) is 58.6 Å². The highest BCUT2D eigenvalue weighted by Gasteiger charge is 2.33. The van der Waals surface area contributed by atoms with E-state index in [1.807, 2.05) is 49.4 Å². The lowest BCUT2D eigenvalue weighted by molar-refractivity contribution is -0.132. The van der Waals surface area contributed by atoms with Gasteiger partial charge in [-0.3, -0.25) is 9.59 Å². The number of nitrogens with zero attached hydrogens (tertiary/aromatic N) is 1. The Morgan fingerprint density at radius 2 is 2.00 bits per heavy atom. The lowest BCUT2D eigenvalue weighted by Gasteiger charge is -2.31. The molecule has 0 saturated carbocycles. The zero-order chi connectivity index (χ0) is 17.1. The number of aryl methyl sites for hydroxylation is 1. The highest BCUT2D eigenvalue weighted by Crippen LogP contribution is 2.33. The first kappa shape index (κ1) is 16.1. The van der Waals surface area contributed by atoms with Crippen LogP contribution >= 0.6 is 0 Å². The van der Waals surface area contributed by atoms with Crippen LogP contribution in [0, 0.1) is 6.92 Å². The SMILES string of the molecule is Cc1cccc(CNC(=O)CC2Oc3ccccc3N(C)C2=O)c1. The van der Waals surface area contributed by atoms with E-state index in [1.54, 1.807) is 13.1 Å². The van der Waals surface area contributed by atoms with Crippen molar-refractivity contribution in [3.05, 3.63) is 59.7 Å². The minimum atomic E-state index is -0.789. The van der Waals surface area contributed by atoms with Crippen LogP contribution in [-0.2, 0) is 16.1 Å². The molecule has 1 aliphatic heterocycles. The molecule has 2 aromatic carbocycles. The molecule has 0 bridgehead atoms. The predicted octanol–water partition coefficient (Wildman–Crippen LogP) is 2.43. The third-order valence-electron chi connectivity index (χ3n) is 4.04. The Balaban J connectivity index is 1.61. The number of anilines is 1. The quantitative estimate of drug-likeness (QED) is 0.940. The molecular formula is C19H20N2O3. The molecule has 0 aliphatic carbocycles. The summed E-state index contributed by atoms with van der Waals surface area (Å²) in [6.07, 6.45) is -0.786. The number of hydrogen-bond donors (Lipinski definition) is 1. The molecule has 1 aliphatic rings. The molecule has 124 valence electrons. The fourth-order valence-corrected chi connectivity index (χ4v) is 2.76. The van der Waals surface area contributed by atoms with Crippen molar-refractivity contribution in [3.63, 3.8) is 0 Å². The number of para-hydroxylation sites is 2. The number of fused-ring (bicyclic) bond motifs is 1. The monoisotopic (exact) mass is 324 g/mol. The van der Waals surface area contributed by atoms with Gasteiger partial charge in [0, 0.05) is 13.6 Å². The first-order chi connectivity index (χ1) is 11.5. The summed E-state index contributed by atoms with van der Waals surface area (Å²) in [5.41, 5.74) is 2.89. The zero-order valence-corrected chi connectivity index (χ0v) is 13.8. The van der Waals surface area contributed by atoms with Gasteiger partial charge in [0.15, 0.2) is 6.10 Å². The summed E-state index contributed by atoms with van der Waals surface area (Å²) >= 11 is 0. The third-order valence-corrected chi connectivity index (χ3v) is 4.04.